The van der Waals surface area contributed by atoms with Crippen LogP contribution in [0.5, 0.6) is 5.75 Å². The van der Waals surface area contributed by atoms with E-state index in [1.807, 2.05) is 31.2 Å². The number of nitrogens with zero attached hydrogens (tertiary/aromatic N) is 2. The molecule has 28 heavy (non-hydrogen) atoms. The fourth-order valence-electron chi connectivity index (χ4n) is 2.58. The van der Waals surface area contributed by atoms with Crippen LogP contribution in [0.1, 0.15) is 23.0 Å². The summed E-state index contributed by atoms with van der Waals surface area (Å²) in [4.78, 5) is 20.8. The molecule has 2 aromatic carbocycles. The van der Waals surface area contributed by atoms with Gasteiger partial charge in [-0.25, -0.2) is 14.4 Å². The molecule has 6 nitrogen and oxygen atoms in total. The van der Waals surface area contributed by atoms with Crippen LogP contribution in [-0.4, -0.2) is 29.0 Å². The molecule has 0 fully saturated rings. The maximum absolute atomic E-state index is 12.9. The highest BCUT2D eigenvalue weighted by atomic mass is 19.1. The summed E-state index contributed by atoms with van der Waals surface area (Å²) in [6.07, 6.45) is 2.12. The van der Waals surface area contributed by atoms with Crippen LogP contribution in [0.2, 0.25) is 0 Å². The second-order valence-corrected chi connectivity index (χ2v) is 5.95. The molecule has 1 amide bonds. The molecule has 0 radical (unpaired) electrons. The molecule has 0 bridgehead atoms. The van der Waals surface area contributed by atoms with E-state index >= 15 is 0 Å². The van der Waals surface area contributed by atoms with E-state index in [0.717, 1.165) is 11.3 Å². The van der Waals surface area contributed by atoms with Crippen molar-refractivity contribution in [3.8, 4) is 5.75 Å². The summed E-state index contributed by atoms with van der Waals surface area (Å²) < 4.78 is 18.5. The Morgan fingerprint density at radius 3 is 2.68 bits per heavy atom. The zero-order valence-corrected chi connectivity index (χ0v) is 15.5. The van der Waals surface area contributed by atoms with Crippen LogP contribution in [0.4, 0.5) is 16.0 Å². The third kappa shape index (κ3) is 5.26. The average molecular weight is 380 g/mol. The predicted octanol–water partition coefficient (Wildman–Crippen LogP) is 3.73. The molecule has 0 aliphatic heterocycles. The Kier molecular flexibility index (Phi) is 6.51. The molecule has 0 saturated carbocycles. The lowest BCUT2D eigenvalue weighted by Crippen LogP contribution is -2.26. The van der Waals surface area contributed by atoms with Gasteiger partial charge in [0.05, 0.1) is 12.3 Å². The Hall–Kier alpha value is -3.48. The lowest BCUT2D eigenvalue weighted by Gasteiger charge is -2.11. The smallest absolute Gasteiger partial charge is 0.270 e. The number of benzene rings is 2. The summed E-state index contributed by atoms with van der Waals surface area (Å²) in [5.41, 5.74) is 1.92. The zero-order chi connectivity index (χ0) is 19.8. The van der Waals surface area contributed by atoms with Gasteiger partial charge in [-0.3, -0.25) is 4.79 Å². The van der Waals surface area contributed by atoms with Gasteiger partial charge in [-0.05, 0) is 49.2 Å². The molecule has 0 unspecified atom stereocenters. The van der Waals surface area contributed by atoms with Crippen molar-refractivity contribution < 1.29 is 13.9 Å². The summed E-state index contributed by atoms with van der Waals surface area (Å²) in [6, 6.07) is 15.2. The van der Waals surface area contributed by atoms with Gasteiger partial charge in [-0.2, -0.15) is 0 Å². The number of carbonyl (C=O) groups excluding carboxylic acids is 1. The van der Waals surface area contributed by atoms with Crippen LogP contribution in [0, 0.1) is 5.82 Å². The number of para-hydroxylation sites is 2. The highest BCUT2D eigenvalue weighted by molar-refractivity contribution is 5.92. The van der Waals surface area contributed by atoms with Crippen molar-refractivity contribution >= 4 is 17.5 Å². The van der Waals surface area contributed by atoms with E-state index in [1.165, 1.54) is 18.3 Å². The molecule has 1 aromatic heterocycles. The maximum atomic E-state index is 12.9. The van der Waals surface area contributed by atoms with Crippen molar-refractivity contribution in [2.24, 2.45) is 0 Å². The number of carbonyl (C=O) groups is 1. The summed E-state index contributed by atoms with van der Waals surface area (Å²) in [5, 5.41) is 5.89. The highest BCUT2D eigenvalue weighted by Gasteiger charge is 2.10. The topological polar surface area (TPSA) is 76.1 Å². The van der Waals surface area contributed by atoms with Crippen molar-refractivity contribution in [3.05, 3.63) is 77.9 Å². The lowest BCUT2D eigenvalue weighted by atomic mass is 10.1. The second kappa shape index (κ2) is 9.45. The quantitative estimate of drug-likeness (QED) is 0.623. The van der Waals surface area contributed by atoms with E-state index in [-0.39, 0.29) is 17.4 Å². The van der Waals surface area contributed by atoms with Crippen molar-refractivity contribution in [2.75, 3.05) is 18.5 Å². The van der Waals surface area contributed by atoms with Gasteiger partial charge < -0.3 is 15.4 Å². The van der Waals surface area contributed by atoms with E-state index < -0.39 is 0 Å². The maximum Gasteiger partial charge on any atom is 0.270 e. The Bertz CT molecular complexity index is 932. The SMILES string of the molecule is CCOc1ccccc1Nc1nccc(C(=O)NCCc2ccc(F)cc2)n1. The van der Waals surface area contributed by atoms with Crippen molar-refractivity contribution in [3.63, 3.8) is 0 Å². The molecular weight excluding hydrogens is 359 g/mol. The molecule has 0 spiro atoms. The number of hydrogen-bond acceptors (Lipinski definition) is 5. The third-order valence-corrected chi connectivity index (χ3v) is 3.93. The number of halogens is 1. The largest absolute Gasteiger partial charge is 0.492 e. The number of rotatable bonds is 8. The molecule has 0 aliphatic carbocycles. The van der Waals surface area contributed by atoms with E-state index in [2.05, 4.69) is 20.6 Å². The first-order chi connectivity index (χ1) is 13.7. The number of amides is 1. The number of aromatic nitrogens is 2. The average Bonchev–Trinajstić information content (AvgIpc) is 2.71. The number of hydrogen-bond donors (Lipinski definition) is 2. The van der Waals surface area contributed by atoms with E-state index in [4.69, 9.17) is 4.74 Å². The summed E-state index contributed by atoms with van der Waals surface area (Å²) >= 11 is 0. The minimum Gasteiger partial charge on any atom is -0.492 e. The monoisotopic (exact) mass is 380 g/mol. The van der Waals surface area contributed by atoms with Gasteiger partial charge in [0, 0.05) is 12.7 Å². The number of nitrogens with one attached hydrogen (secondary N) is 2. The summed E-state index contributed by atoms with van der Waals surface area (Å²) in [6.45, 7) is 2.87. The van der Waals surface area contributed by atoms with Crippen molar-refractivity contribution in [1.82, 2.24) is 15.3 Å². The molecule has 1 heterocycles. The van der Waals surface area contributed by atoms with E-state index in [9.17, 15) is 9.18 Å². The molecule has 2 N–H and O–H groups in total. The van der Waals surface area contributed by atoms with Gasteiger partial charge in [0.2, 0.25) is 5.95 Å². The Balaban J connectivity index is 1.61. The fourth-order valence-corrected chi connectivity index (χ4v) is 2.58. The molecular formula is C21H21FN4O2. The van der Waals surface area contributed by atoms with Gasteiger partial charge in [0.15, 0.2) is 0 Å². The molecule has 3 rings (SSSR count). The zero-order valence-electron chi connectivity index (χ0n) is 15.5. The van der Waals surface area contributed by atoms with E-state index in [1.54, 1.807) is 18.2 Å². The summed E-state index contributed by atoms with van der Waals surface area (Å²) in [7, 11) is 0. The van der Waals surface area contributed by atoms with Crippen LogP contribution in [0.15, 0.2) is 60.8 Å². The third-order valence-electron chi connectivity index (χ3n) is 3.93. The minimum absolute atomic E-state index is 0.255. The van der Waals surface area contributed by atoms with Crippen LogP contribution < -0.4 is 15.4 Å². The van der Waals surface area contributed by atoms with Gasteiger partial charge in [-0.1, -0.05) is 24.3 Å². The fraction of sp³-hybridized carbons (Fsp3) is 0.190. The first-order valence-electron chi connectivity index (χ1n) is 9.00. The molecule has 0 atom stereocenters. The Morgan fingerprint density at radius 2 is 1.89 bits per heavy atom. The highest BCUT2D eigenvalue weighted by Crippen LogP contribution is 2.25. The first-order valence-corrected chi connectivity index (χ1v) is 9.00. The standard InChI is InChI=1S/C21H21FN4O2/c1-2-28-19-6-4-3-5-17(19)25-21-24-14-12-18(26-21)20(27)23-13-11-15-7-9-16(22)10-8-15/h3-10,12,14H,2,11,13H2,1H3,(H,23,27)(H,24,25,26). The van der Waals surface area contributed by atoms with Crippen molar-refractivity contribution in [2.45, 2.75) is 13.3 Å². The van der Waals surface area contributed by atoms with Crippen LogP contribution in [0.25, 0.3) is 0 Å². The van der Waals surface area contributed by atoms with Crippen molar-refractivity contribution in [1.29, 1.82) is 0 Å². The van der Waals surface area contributed by atoms with Gasteiger partial charge in [0.25, 0.3) is 5.91 Å². The summed E-state index contributed by atoms with van der Waals surface area (Å²) in [5.74, 6) is 0.409. The van der Waals surface area contributed by atoms with E-state index in [0.29, 0.717) is 31.3 Å². The Labute approximate surface area is 162 Å². The molecule has 0 saturated heterocycles. The Morgan fingerprint density at radius 1 is 1.11 bits per heavy atom. The molecule has 144 valence electrons. The number of anilines is 2. The van der Waals surface area contributed by atoms with Gasteiger partial charge >= 0.3 is 0 Å². The lowest BCUT2D eigenvalue weighted by molar-refractivity contribution is 0.0949. The normalized spacial score (nSPS) is 10.4. The molecule has 3 aromatic rings. The minimum atomic E-state index is -0.300. The van der Waals surface area contributed by atoms with Gasteiger partial charge in [0.1, 0.15) is 17.3 Å². The van der Waals surface area contributed by atoms with Gasteiger partial charge in [-0.15, -0.1) is 0 Å². The second-order valence-electron chi connectivity index (χ2n) is 5.95. The predicted molar refractivity (Wildman–Crippen MR) is 105 cm³/mol. The molecule has 7 heteroatoms. The molecule has 0 aliphatic rings. The number of ether oxygens (including phenoxy) is 1. The van der Waals surface area contributed by atoms with Crippen LogP contribution in [0.3, 0.4) is 0 Å². The van der Waals surface area contributed by atoms with Crippen LogP contribution in [-0.2, 0) is 6.42 Å². The first kappa shape index (κ1) is 19.3. The van der Waals surface area contributed by atoms with Crippen LogP contribution >= 0.6 is 0 Å².